The molecular weight excluding hydrogens is 164 g/mol. The molecular formula is C11H23O2. The van der Waals surface area contributed by atoms with E-state index < -0.39 is 0 Å². The first-order valence-electron chi connectivity index (χ1n) is 5.36. The van der Waals surface area contributed by atoms with E-state index in [-0.39, 0.29) is 12.2 Å². The largest absolute Gasteiger partial charge is 0.393 e. The minimum atomic E-state index is -0.216. The molecule has 79 valence electrons. The lowest BCUT2D eigenvalue weighted by atomic mass is 10.0. The monoisotopic (exact) mass is 187 g/mol. The molecule has 0 bridgehead atoms. The van der Waals surface area contributed by atoms with Crippen molar-refractivity contribution in [1.29, 1.82) is 0 Å². The molecule has 0 heterocycles. The predicted molar refractivity (Wildman–Crippen MR) is 55.4 cm³/mol. The molecule has 0 saturated carbocycles. The molecule has 0 aliphatic carbocycles. The second kappa shape index (κ2) is 8.52. The molecule has 0 saturated heterocycles. The molecule has 0 aromatic heterocycles. The van der Waals surface area contributed by atoms with E-state index in [0.29, 0.717) is 0 Å². The van der Waals surface area contributed by atoms with Crippen molar-refractivity contribution < 1.29 is 10.2 Å². The lowest BCUT2D eigenvalue weighted by Crippen LogP contribution is -2.09. The van der Waals surface area contributed by atoms with Gasteiger partial charge < -0.3 is 10.2 Å². The Bertz CT molecular complexity index is 92.3. The number of hydrogen-bond acceptors (Lipinski definition) is 2. The maximum atomic E-state index is 9.40. The maximum Gasteiger partial charge on any atom is 0.0540 e. The van der Waals surface area contributed by atoms with Gasteiger partial charge in [0.1, 0.15) is 0 Å². The third-order valence-corrected chi connectivity index (χ3v) is 2.23. The van der Waals surface area contributed by atoms with Gasteiger partial charge in [-0.05, 0) is 32.1 Å². The highest BCUT2D eigenvalue weighted by Gasteiger charge is 2.05. The lowest BCUT2D eigenvalue weighted by molar-refractivity contribution is 0.124. The summed E-state index contributed by atoms with van der Waals surface area (Å²) in [5.74, 6) is 0. The first-order chi connectivity index (χ1) is 6.20. The summed E-state index contributed by atoms with van der Waals surface area (Å²) < 4.78 is 0. The van der Waals surface area contributed by atoms with Crippen molar-refractivity contribution in [1.82, 2.24) is 0 Å². The van der Waals surface area contributed by atoms with Crippen LogP contribution in [0.5, 0.6) is 0 Å². The van der Waals surface area contributed by atoms with E-state index in [1.807, 2.05) is 0 Å². The highest BCUT2D eigenvalue weighted by molar-refractivity contribution is 4.60. The van der Waals surface area contributed by atoms with Crippen LogP contribution in [-0.2, 0) is 0 Å². The Balaban J connectivity index is 3.23. The number of aliphatic hydroxyl groups is 2. The van der Waals surface area contributed by atoms with Crippen LogP contribution in [0.3, 0.4) is 0 Å². The van der Waals surface area contributed by atoms with Crippen molar-refractivity contribution in [2.75, 3.05) is 0 Å². The molecule has 0 spiro atoms. The van der Waals surface area contributed by atoms with Gasteiger partial charge in [-0.1, -0.05) is 26.7 Å². The van der Waals surface area contributed by atoms with E-state index in [2.05, 4.69) is 13.8 Å². The van der Waals surface area contributed by atoms with Crippen molar-refractivity contribution in [2.45, 2.75) is 64.1 Å². The van der Waals surface area contributed by atoms with Gasteiger partial charge in [0.2, 0.25) is 0 Å². The quantitative estimate of drug-likeness (QED) is 0.612. The van der Waals surface area contributed by atoms with Gasteiger partial charge in [-0.2, -0.15) is 0 Å². The fourth-order valence-corrected chi connectivity index (χ4v) is 1.45. The van der Waals surface area contributed by atoms with Crippen LogP contribution in [0.25, 0.3) is 0 Å². The zero-order valence-electron chi connectivity index (χ0n) is 8.71. The predicted octanol–water partition coefficient (Wildman–Crippen LogP) is 2.29. The Hall–Kier alpha value is -0.0800. The van der Waals surface area contributed by atoms with E-state index in [4.69, 9.17) is 0 Å². The second-order valence-corrected chi connectivity index (χ2v) is 3.67. The average Bonchev–Trinajstić information content (AvgIpc) is 2.05. The van der Waals surface area contributed by atoms with Crippen molar-refractivity contribution in [2.24, 2.45) is 0 Å². The third-order valence-electron chi connectivity index (χ3n) is 2.23. The van der Waals surface area contributed by atoms with Crippen LogP contribution >= 0.6 is 0 Å². The Kier molecular flexibility index (Phi) is 8.46. The van der Waals surface area contributed by atoms with Crippen LogP contribution in [0, 0.1) is 6.92 Å². The lowest BCUT2D eigenvalue weighted by Gasteiger charge is -2.11. The average molecular weight is 187 g/mol. The summed E-state index contributed by atoms with van der Waals surface area (Å²) in [5, 5.41) is 18.8. The van der Waals surface area contributed by atoms with Gasteiger partial charge in [-0.15, -0.1) is 0 Å². The van der Waals surface area contributed by atoms with E-state index in [1.54, 1.807) is 0 Å². The molecule has 2 N–H and O–H groups in total. The van der Waals surface area contributed by atoms with Crippen LogP contribution in [0.4, 0.5) is 0 Å². The van der Waals surface area contributed by atoms with Gasteiger partial charge in [0.25, 0.3) is 0 Å². The summed E-state index contributed by atoms with van der Waals surface area (Å²) in [7, 11) is 0. The van der Waals surface area contributed by atoms with Gasteiger partial charge >= 0.3 is 0 Å². The first kappa shape index (κ1) is 12.9. The molecule has 0 aliphatic rings. The van der Waals surface area contributed by atoms with Crippen LogP contribution in [0.1, 0.15) is 51.9 Å². The summed E-state index contributed by atoms with van der Waals surface area (Å²) in [6.45, 7) is 5.76. The minimum Gasteiger partial charge on any atom is -0.393 e. The standard InChI is InChI=1S/C11H23O2/c1-3-6-10(12)8-5-9-11(13)7-4-2/h10-13H,1,3-9H2,2H3. The van der Waals surface area contributed by atoms with Gasteiger partial charge in [-0.25, -0.2) is 0 Å². The Morgan fingerprint density at radius 1 is 1.00 bits per heavy atom. The van der Waals surface area contributed by atoms with Crippen molar-refractivity contribution in [3.05, 3.63) is 6.92 Å². The summed E-state index contributed by atoms with van der Waals surface area (Å²) in [6, 6.07) is 0. The second-order valence-electron chi connectivity index (χ2n) is 3.67. The summed E-state index contributed by atoms with van der Waals surface area (Å²) in [4.78, 5) is 0. The Morgan fingerprint density at radius 2 is 1.54 bits per heavy atom. The molecule has 0 fully saturated rings. The first-order valence-corrected chi connectivity index (χ1v) is 5.36. The van der Waals surface area contributed by atoms with Crippen LogP contribution in [-0.4, -0.2) is 22.4 Å². The minimum absolute atomic E-state index is 0.169. The molecule has 0 aromatic rings. The van der Waals surface area contributed by atoms with Gasteiger partial charge in [0, 0.05) is 0 Å². The van der Waals surface area contributed by atoms with E-state index in [9.17, 15) is 10.2 Å². The topological polar surface area (TPSA) is 40.5 Å². The van der Waals surface area contributed by atoms with E-state index in [0.717, 1.165) is 44.9 Å². The van der Waals surface area contributed by atoms with Gasteiger partial charge in [-0.3, -0.25) is 0 Å². The van der Waals surface area contributed by atoms with Gasteiger partial charge in [0.05, 0.1) is 12.2 Å². The van der Waals surface area contributed by atoms with E-state index >= 15 is 0 Å². The van der Waals surface area contributed by atoms with Gasteiger partial charge in [0.15, 0.2) is 0 Å². The van der Waals surface area contributed by atoms with Crippen molar-refractivity contribution in [3.63, 3.8) is 0 Å². The van der Waals surface area contributed by atoms with Crippen molar-refractivity contribution >= 4 is 0 Å². The number of rotatable bonds is 8. The van der Waals surface area contributed by atoms with E-state index in [1.165, 1.54) is 0 Å². The third kappa shape index (κ3) is 8.26. The molecule has 1 radical (unpaired) electrons. The zero-order valence-corrected chi connectivity index (χ0v) is 8.71. The molecule has 0 aliphatic heterocycles. The fourth-order valence-electron chi connectivity index (χ4n) is 1.45. The molecule has 2 atom stereocenters. The maximum absolute atomic E-state index is 9.40. The SMILES string of the molecule is [CH2]CCC(O)CCCC(O)CCC. The normalized spacial score (nSPS) is 15.7. The summed E-state index contributed by atoms with van der Waals surface area (Å²) >= 11 is 0. The Morgan fingerprint density at radius 3 is 2.00 bits per heavy atom. The molecule has 0 amide bonds. The zero-order chi connectivity index (χ0) is 10.1. The smallest absolute Gasteiger partial charge is 0.0540 e. The fraction of sp³-hybridized carbons (Fsp3) is 0.909. The summed E-state index contributed by atoms with van der Waals surface area (Å²) in [5.41, 5.74) is 0. The Labute approximate surface area is 82.0 Å². The highest BCUT2D eigenvalue weighted by atomic mass is 16.3. The molecule has 2 nitrogen and oxygen atoms in total. The van der Waals surface area contributed by atoms with Crippen LogP contribution in [0.2, 0.25) is 0 Å². The molecule has 0 rings (SSSR count). The van der Waals surface area contributed by atoms with Crippen molar-refractivity contribution in [3.8, 4) is 0 Å². The number of aliphatic hydroxyl groups excluding tert-OH is 2. The molecule has 13 heavy (non-hydrogen) atoms. The molecule has 0 aromatic carbocycles. The van der Waals surface area contributed by atoms with Crippen LogP contribution < -0.4 is 0 Å². The summed E-state index contributed by atoms with van der Waals surface area (Å²) in [6.07, 6.45) is 5.64. The van der Waals surface area contributed by atoms with Crippen LogP contribution in [0.15, 0.2) is 0 Å². The molecule has 2 heteroatoms. The number of hydrogen-bond donors (Lipinski definition) is 2. The molecule has 2 unspecified atom stereocenters. The highest BCUT2D eigenvalue weighted by Crippen LogP contribution is 2.10.